The molecule has 0 aliphatic rings. The van der Waals surface area contributed by atoms with Gasteiger partial charge in [-0.15, -0.1) is 0 Å². The van der Waals surface area contributed by atoms with Crippen LogP contribution in [0.1, 0.15) is 37.1 Å². The van der Waals surface area contributed by atoms with Crippen LogP contribution in [0.15, 0.2) is 15.7 Å². The van der Waals surface area contributed by atoms with Gasteiger partial charge in [-0.2, -0.15) is 0 Å². The maximum absolute atomic E-state index is 8.82. The molecule has 0 aliphatic heterocycles. The molecule has 0 amide bonds. The van der Waals surface area contributed by atoms with Crippen LogP contribution in [0.5, 0.6) is 0 Å². The zero-order valence-corrected chi connectivity index (χ0v) is 11.6. The predicted octanol–water partition coefficient (Wildman–Crippen LogP) is 1.86. The topological polar surface area (TPSA) is 126 Å². The maximum Gasteiger partial charge on any atom is 0.233 e. The molecule has 0 saturated carbocycles. The van der Waals surface area contributed by atoms with Gasteiger partial charge < -0.3 is 26.2 Å². The molecule has 108 valence electrons. The lowest BCUT2D eigenvalue weighted by Crippen LogP contribution is -2.15. The minimum Gasteiger partial charge on any atom is -0.409 e. The van der Waals surface area contributed by atoms with Crippen LogP contribution in [-0.2, 0) is 12.8 Å². The average Bonchev–Trinajstić information content (AvgIpc) is 3.02. The quantitative estimate of drug-likeness (QED) is 0.287. The first-order chi connectivity index (χ1) is 9.62. The summed E-state index contributed by atoms with van der Waals surface area (Å²) in [6.07, 6.45) is 2.91. The van der Waals surface area contributed by atoms with Gasteiger partial charge in [-0.1, -0.05) is 30.6 Å². The van der Waals surface area contributed by atoms with Crippen LogP contribution in [0, 0.1) is 0 Å². The van der Waals surface area contributed by atoms with E-state index >= 15 is 0 Å². The minimum atomic E-state index is -0.122. The van der Waals surface area contributed by atoms with Crippen molar-refractivity contribution in [3.63, 3.8) is 0 Å². The molecule has 0 bridgehead atoms. The zero-order valence-electron chi connectivity index (χ0n) is 11.6. The number of anilines is 1. The summed E-state index contributed by atoms with van der Waals surface area (Å²) in [4.78, 5) is 3.31. The number of aromatic nitrogens is 2. The lowest BCUT2D eigenvalue weighted by molar-refractivity contribution is 0.318. The van der Waals surface area contributed by atoms with Gasteiger partial charge in [0.15, 0.2) is 5.84 Å². The van der Waals surface area contributed by atoms with Crippen molar-refractivity contribution >= 4 is 11.7 Å². The Balaban J connectivity index is 2.52. The second kappa shape index (κ2) is 5.68. The lowest BCUT2D eigenvalue weighted by Gasteiger charge is -1.99. The molecule has 2 heterocycles. The van der Waals surface area contributed by atoms with E-state index in [-0.39, 0.29) is 11.7 Å². The fraction of sp³-hybridized carbons (Fsp3) is 0.385. The highest BCUT2D eigenvalue weighted by molar-refractivity contribution is 6.05. The highest BCUT2D eigenvalue weighted by atomic mass is 16.5. The highest BCUT2D eigenvalue weighted by Crippen LogP contribution is 2.28. The molecule has 0 aromatic carbocycles. The van der Waals surface area contributed by atoms with Crippen LogP contribution in [0.4, 0.5) is 5.88 Å². The summed E-state index contributed by atoms with van der Waals surface area (Å²) in [6, 6.07) is 2.00. The summed E-state index contributed by atoms with van der Waals surface area (Å²) >= 11 is 0. The van der Waals surface area contributed by atoms with Crippen LogP contribution < -0.4 is 11.5 Å². The molecule has 0 aliphatic carbocycles. The Labute approximate surface area is 116 Å². The molecule has 0 saturated heterocycles. The van der Waals surface area contributed by atoms with E-state index in [1.807, 2.05) is 6.07 Å². The number of hydrogen-bond acceptors (Lipinski definition) is 5. The van der Waals surface area contributed by atoms with E-state index in [9.17, 15) is 0 Å². The van der Waals surface area contributed by atoms with Crippen LogP contribution in [-0.4, -0.2) is 21.2 Å². The first-order valence-electron chi connectivity index (χ1n) is 6.56. The number of nitrogens with two attached hydrogens (primary N) is 2. The van der Waals surface area contributed by atoms with Crippen molar-refractivity contribution < 1.29 is 9.73 Å². The molecule has 0 spiro atoms. The Morgan fingerprint density at radius 2 is 2.25 bits per heavy atom. The van der Waals surface area contributed by atoms with E-state index in [0.29, 0.717) is 11.3 Å². The number of rotatable bonds is 5. The van der Waals surface area contributed by atoms with Gasteiger partial charge in [-0.3, -0.25) is 0 Å². The molecule has 0 radical (unpaired) electrons. The van der Waals surface area contributed by atoms with Crippen molar-refractivity contribution in [2.45, 2.75) is 33.1 Å². The van der Waals surface area contributed by atoms with Gasteiger partial charge in [0.25, 0.3) is 0 Å². The summed E-state index contributed by atoms with van der Waals surface area (Å²) in [7, 11) is 0. The molecular weight excluding hydrogens is 258 g/mol. The van der Waals surface area contributed by atoms with Crippen molar-refractivity contribution in [3.05, 3.63) is 22.9 Å². The number of aromatic amines is 1. The van der Waals surface area contributed by atoms with Crippen molar-refractivity contribution in [2.24, 2.45) is 10.9 Å². The van der Waals surface area contributed by atoms with Crippen LogP contribution in [0.25, 0.3) is 11.4 Å². The molecule has 2 aromatic rings. The minimum absolute atomic E-state index is 0.0278. The number of hydrogen-bond donors (Lipinski definition) is 4. The predicted molar refractivity (Wildman–Crippen MR) is 76.6 cm³/mol. The lowest BCUT2D eigenvalue weighted by atomic mass is 10.1. The second-order valence-corrected chi connectivity index (χ2v) is 4.55. The molecular formula is C13H19N5O2. The molecule has 0 atom stereocenters. The van der Waals surface area contributed by atoms with Crippen molar-refractivity contribution in [1.29, 1.82) is 0 Å². The standard InChI is InChI=1S/C13H19N5O2/c1-3-5-8-7(4-2)6-9(16-8)11-10(12(14)17-19)13(15)20-18-11/h6,16,19H,3-5,15H2,1-2H3,(H2,14,17). The number of nitrogens with one attached hydrogen (secondary N) is 1. The SMILES string of the molecule is CCCc1[nH]c(-c2noc(N)c2/C(N)=N/O)cc1CC. The van der Waals surface area contributed by atoms with E-state index in [1.165, 1.54) is 5.56 Å². The smallest absolute Gasteiger partial charge is 0.233 e. The molecule has 2 aromatic heterocycles. The third-order valence-electron chi connectivity index (χ3n) is 3.21. The molecule has 6 N–H and O–H groups in total. The fourth-order valence-corrected chi connectivity index (χ4v) is 2.24. The fourth-order valence-electron chi connectivity index (χ4n) is 2.24. The summed E-state index contributed by atoms with van der Waals surface area (Å²) in [5.41, 5.74) is 15.2. The van der Waals surface area contributed by atoms with E-state index in [1.54, 1.807) is 0 Å². The largest absolute Gasteiger partial charge is 0.409 e. The number of nitrogen functional groups attached to an aromatic ring is 1. The number of H-pyrrole nitrogens is 1. The van der Waals surface area contributed by atoms with Crippen molar-refractivity contribution in [1.82, 2.24) is 10.1 Å². The highest BCUT2D eigenvalue weighted by Gasteiger charge is 2.21. The first kappa shape index (κ1) is 14.0. The Kier molecular flexibility index (Phi) is 3.97. The van der Waals surface area contributed by atoms with Crippen LogP contribution in [0.3, 0.4) is 0 Å². The normalized spacial score (nSPS) is 12.0. The molecule has 0 unspecified atom stereocenters. The number of aryl methyl sites for hydroxylation is 2. The van der Waals surface area contributed by atoms with E-state index in [2.05, 4.69) is 29.1 Å². The van der Waals surface area contributed by atoms with Gasteiger partial charge in [0.2, 0.25) is 5.88 Å². The summed E-state index contributed by atoms with van der Waals surface area (Å²) < 4.78 is 4.95. The Hall–Kier alpha value is -2.44. The van der Waals surface area contributed by atoms with Gasteiger partial charge in [0, 0.05) is 5.69 Å². The summed E-state index contributed by atoms with van der Waals surface area (Å²) in [5.74, 6) is -0.0940. The molecule has 7 heteroatoms. The van der Waals surface area contributed by atoms with Gasteiger partial charge >= 0.3 is 0 Å². The molecule has 2 rings (SSSR count). The molecule has 0 fully saturated rings. The first-order valence-corrected chi connectivity index (χ1v) is 6.56. The van der Waals surface area contributed by atoms with Gasteiger partial charge in [0.1, 0.15) is 11.3 Å². The molecule has 7 nitrogen and oxygen atoms in total. The Morgan fingerprint density at radius 3 is 2.85 bits per heavy atom. The molecule has 20 heavy (non-hydrogen) atoms. The van der Waals surface area contributed by atoms with Crippen LogP contribution >= 0.6 is 0 Å². The number of nitrogens with zero attached hydrogens (tertiary/aromatic N) is 2. The maximum atomic E-state index is 8.82. The number of amidine groups is 1. The van der Waals surface area contributed by atoms with Gasteiger partial charge in [-0.05, 0) is 24.5 Å². The van der Waals surface area contributed by atoms with Gasteiger partial charge in [0.05, 0.1) is 5.69 Å². The van der Waals surface area contributed by atoms with Gasteiger partial charge in [-0.25, -0.2) is 0 Å². The third kappa shape index (κ3) is 2.34. The monoisotopic (exact) mass is 277 g/mol. The van der Waals surface area contributed by atoms with E-state index < -0.39 is 0 Å². The summed E-state index contributed by atoms with van der Waals surface area (Å²) in [6.45, 7) is 4.21. The number of oxime groups is 1. The Morgan fingerprint density at radius 1 is 1.50 bits per heavy atom. The zero-order chi connectivity index (χ0) is 14.7. The van der Waals surface area contributed by atoms with E-state index in [0.717, 1.165) is 30.7 Å². The van der Waals surface area contributed by atoms with Crippen LogP contribution in [0.2, 0.25) is 0 Å². The summed E-state index contributed by atoms with van der Waals surface area (Å²) in [5, 5.41) is 15.7. The van der Waals surface area contributed by atoms with E-state index in [4.69, 9.17) is 21.2 Å². The third-order valence-corrected chi connectivity index (χ3v) is 3.21. The van der Waals surface area contributed by atoms with Crippen molar-refractivity contribution in [3.8, 4) is 11.4 Å². The second-order valence-electron chi connectivity index (χ2n) is 4.55. The van der Waals surface area contributed by atoms with Crippen molar-refractivity contribution in [2.75, 3.05) is 5.73 Å². The Bertz CT molecular complexity index is 627. The average molecular weight is 277 g/mol.